The quantitative estimate of drug-likeness (QED) is 0.472. The van der Waals surface area contributed by atoms with Gasteiger partial charge in [-0.3, -0.25) is 0 Å². The summed E-state index contributed by atoms with van der Waals surface area (Å²) < 4.78 is 0. The molecule has 0 atom stereocenters. The minimum Gasteiger partial charge on any atom is -0.388 e. The van der Waals surface area contributed by atoms with E-state index in [1.54, 1.807) is 0 Å². The Morgan fingerprint density at radius 1 is 0.533 bits per heavy atom. The number of benzene rings is 3. The van der Waals surface area contributed by atoms with Crippen molar-refractivity contribution in [3.05, 3.63) is 103 Å². The van der Waals surface area contributed by atoms with Gasteiger partial charge in [0.15, 0.2) is 0 Å². The third-order valence-electron chi connectivity index (χ3n) is 4.73. The Balaban J connectivity index is 1.40. The highest BCUT2D eigenvalue weighted by Crippen LogP contribution is 2.22. The molecule has 30 heavy (non-hydrogen) atoms. The van der Waals surface area contributed by atoms with E-state index in [-0.39, 0.29) is 0 Å². The summed E-state index contributed by atoms with van der Waals surface area (Å²) in [5, 5.41) is 6.51. The fourth-order valence-corrected chi connectivity index (χ4v) is 3.03. The number of rotatable bonds is 5. The number of hydrogen-bond acceptors (Lipinski definition) is 4. The maximum atomic E-state index is 4.69. The molecule has 3 aromatic carbocycles. The van der Waals surface area contributed by atoms with Crippen molar-refractivity contribution >= 4 is 39.9 Å². The first kappa shape index (κ1) is 19.4. The van der Waals surface area contributed by atoms with Crippen LogP contribution in [0.2, 0.25) is 0 Å². The maximum absolute atomic E-state index is 4.69. The first-order chi connectivity index (χ1) is 14.7. The zero-order valence-corrected chi connectivity index (χ0v) is 17.1. The van der Waals surface area contributed by atoms with E-state index in [2.05, 4.69) is 46.8 Å². The molecule has 0 heterocycles. The molecule has 4 heteroatoms. The van der Waals surface area contributed by atoms with Gasteiger partial charge in [0.1, 0.15) is 0 Å². The molecule has 2 N–H and O–H groups in total. The second-order valence-electron chi connectivity index (χ2n) is 7.07. The van der Waals surface area contributed by atoms with Crippen molar-refractivity contribution in [1.29, 1.82) is 0 Å². The van der Waals surface area contributed by atoms with Gasteiger partial charge >= 0.3 is 0 Å². The predicted octanol–water partition coefficient (Wildman–Crippen LogP) is 6.75. The summed E-state index contributed by atoms with van der Waals surface area (Å²) in [6.07, 6.45) is 7.94. The Morgan fingerprint density at radius 2 is 0.933 bits per heavy atom. The predicted molar refractivity (Wildman–Crippen MR) is 129 cm³/mol. The molecule has 148 valence electrons. The van der Waals surface area contributed by atoms with Gasteiger partial charge < -0.3 is 10.6 Å². The molecule has 0 radical (unpaired) electrons. The van der Waals surface area contributed by atoms with E-state index in [1.165, 1.54) is 5.56 Å². The van der Waals surface area contributed by atoms with Crippen molar-refractivity contribution in [1.82, 2.24) is 0 Å². The third-order valence-corrected chi connectivity index (χ3v) is 4.73. The van der Waals surface area contributed by atoms with Gasteiger partial charge in [-0.1, -0.05) is 17.7 Å². The van der Waals surface area contributed by atoms with E-state index < -0.39 is 0 Å². The van der Waals surface area contributed by atoms with Crippen LogP contribution in [0.25, 0.3) is 0 Å². The smallest absolute Gasteiger partial charge is 0.0638 e. The molecule has 1 aliphatic carbocycles. The molecule has 3 aromatic rings. The highest BCUT2D eigenvalue weighted by atomic mass is 14.9. The van der Waals surface area contributed by atoms with Gasteiger partial charge in [0.25, 0.3) is 0 Å². The zero-order chi connectivity index (χ0) is 20.8. The first-order valence-electron chi connectivity index (χ1n) is 9.93. The number of nitrogens with zero attached hydrogens (tertiary/aromatic N) is 2. The molecular formula is C26H24N4. The normalized spacial score (nSPS) is 12.6. The lowest BCUT2D eigenvalue weighted by molar-refractivity contribution is 1.45. The van der Waals surface area contributed by atoms with Crippen molar-refractivity contribution < 1.29 is 0 Å². The Bertz CT molecular complexity index is 1100. The van der Waals surface area contributed by atoms with E-state index in [0.29, 0.717) is 0 Å². The molecule has 0 fully saturated rings. The van der Waals surface area contributed by atoms with Gasteiger partial charge in [0.2, 0.25) is 0 Å². The summed E-state index contributed by atoms with van der Waals surface area (Å²) in [5.74, 6) is 0. The minimum atomic E-state index is 0.902. The summed E-state index contributed by atoms with van der Waals surface area (Å²) in [6, 6.07) is 24.5. The second-order valence-corrected chi connectivity index (χ2v) is 7.07. The molecule has 4 nitrogen and oxygen atoms in total. The summed E-state index contributed by atoms with van der Waals surface area (Å²) in [4.78, 5) is 9.34. The largest absolute Gasteiger partial charge is 0.388 e. The second kappa shape index (κ2) is 9.05. The lowest BCUT2D eigenvalue weighted by Crippen LogP contribution is -1.99. The molecule has 0 unspecified atom stereocenters. The third kappa shape index (κ3) is 5.11. The molecular weight excluding hydrogens is 368 g/mol. The molecule has 0 aliphatic heterocycles. The highest BCUT2D eigenvalue weighted by molar-refractivity contribution is 6.19. The number of nitrogens with one attached hydrogen (secondary N) is 2. The Hall–Kier alpha value is -3.92. The number of anilines is 3. The van der Waals surface area contributed by atoms with Gasteiger partial charge in [-0.15, -0.1) is 0 Å². The van der Waals surface area contributed by atoms with Gasteiger partial charge in [-0.25, -0.2) is 9.98 Å². The van der Waals surface area contributed by atoms with Crippen LogP contribution >= 0.6 is 0 Å². The van der Waals surface area contributed by atoms with Crippen molar-refractivity contribution in [3.8, 4) is 0 Å². The van der Waals surface area contributed by atoms with E-state index >= 15 is 0 Å². The number of aliphatic imine (C=N–C) groups is 2. The van der Waals surface area contributed by atoms with Crippen LogP contribution in [0.5, 0.6) is 0 Å². The van der Waals surface area contributed by atoms with Crippen LogP contribution in [-0.2, 0) is 0 Å². The summed E-state index contributed by atoms with van der Waals surface area (Å²) in [5.41, 5.74) is 8.08. The van der Waals surface area contributed by atoms with Crippen LogP contribution < -0.4 is 10.6 Å². The van der Waals surface area contributed by atoms with Gasteiger partial charge in [-0.05, 0) is 91.9 Å². The average molecular weight is 393 g/mol. The lowest BCUT2D eigenvalue weighted by Gasteiger charge is -2.07. The monoisotopic (exact) mass is 392 g/mol. The highest BCUT2D eigenvalue weighted by Gasteiger charge is 2.01. The van der Waals surface area contributed by atoms with Crippen LogP contribution in [0.3, 0.4) is 0 Å². The van der Waals surface area contributed by atoms with Crippen LogP contribution in [0.1, 0.15) is 5.56 Å². The van der Waals surface area contributed by atoms with E-state index in [4.69, 9.17) is 4.99 Å². The number of allylic oxidation sites excluding steroid dienone is 4. The van der Waals surface area contributed by atoms with Crippen molar-refractivity contribution in [2.24, 2.45) is 9.98 Å². The summed E-state index contributed by atoms with van der Waals surface area (Å²) in [7, 11) is 1.91. The molecule has 0 bridgehead atoms. The first-order valence-corrected chi connectivity index (χ1v) is 9.93. The SMILES string of the molecule is CNc1ccc(N=C2C=CC(=Nc3ccc(Nc4ccc(C)cc4)cc3)C=C2)cc1. The molecule has 0 spiro atoms. The molecule has 0 amide bonds. The molecule has 1 aliphatic rings. The zero-order valence-electron chi connectivity index (χ0n) is 17.1. The van der Waals surface area contributed by atoms with Crippen LogP contribution in [0, 0.1) is 6.92 Å². The van der Waals surface area contributed by atoms with E-state index in [0.717, 1.165) is 39.9 Å². The summed E-state index contributed by atoms with van der Waals surface area (Å²) in [6.45, 7) is 2.09. The fraction of sp³-hybridized carbons (Fsp3) is 0.0769. The van der Waals surface area contributed by atoms with Gasteiger partial charge in [-0.2, -0.15) is 0 Å². The molecule has 4 rings (SSSR count). The topological polar surface area (TPSA) is 48.8 Å². The lowest BCUT2D eigenvalue weighted by atomic mass is 10.1. The maximum Gasteiger partial charge on any atom is 0.0638 e. The van der Waals surface area contributed by atoms with Crippen molar-refractivity contribution in [2.75, 3.05) is 17.7 Å². The van der Waals surface area contributed by atoms with Gasteiger partial charge in [0, 0.05) is 24.1 Å². The fourth-order valence-electron chi connectivity index (χ4n) is 3.03. The number of hydrogen-bond donors (Lipinski definition) is 2. The molecule has 0 aromatic heterocycles. The van der Waals surface area contributed by atoms with Crippen LogP contribution in [0.4, 0.5) is 28.4 Å². The van der Waals surface area contributed by atoms with E-state index in [9.17, 15) is 0 Å². The number of aryl methyl sites for hydroxylation is 1. The van der Waals surface area contributed by atoms with Crippen molar-refractivity contribution in [2.45, 2.75) is 6.92 Å². The Kier molecular flexibility index (Phi) is 5.85. The Morgan fingerprint density at radius 3 is 1.37 bits per heavy atom. The van der Waals surface area contributed by atoms with Gasteiger partial charge in [0.05, 0.1) is 22.8 Å². The van der Waals surface area contributed by atoms with Crippen molar-refractivity contribution in [3.63, 3.8) is 0 Å². The Labute approximate surface area is 177 Å². The molecule has 0 saturated heterocycles. The standard InChI is InChI=1S/C26H24N4/c1-19-3-5-21(6-4-19)28-23-11-13-25(14-12-23)30-26-17-15-24(16-18-26)29-22-9-7-20(27-2)8-10-22/h3-18,27-28H,1-2H3. The average Bonchev–Trinajstić information content (AvgIpc) is 2.78. The minimum absolute atomic E-state index is 0.902. The van der Waals surface area contributed by atoms with E-state index in [1.807, 2.05) is 79.9 Å². The molecule has 0 saturated carbocycles. The van der Waals surface area contributed by atoms with Crippen LogP contribution in [-0.4, -0.2) is 18.5 Å². The van der Waals surface area contributed by atoms with Crippen LogP contribution in [0.15, 0.2) is 107 Å². The summed E-state index contributed by atoms with van der Waals surface area (Å²) >= 11 is 0.